The van der Waals surface area contributed by atoms with E-state index >= 15 is 0 Å². The van der Waals surface area contributed by atoms with Crippen molar-refractivity contribution in [3.05, 3.63) is 72.6 Å². The number of nitrogen functional groups attached to an aromatic ring is 1. The SMILES string of the molecule is Nc1cc(Cn2cc(NC(=O)c3n[nH]c4cc(-c5cn[nH]c5)ccc34)cn2)ccn1. The van der Waals surface area contributed by atoms with Crippen LogP contribution in [0.25, 0.3) is 22.0 Å². The summed E-state index contributed by atoms with van der Waals surface area (Å²) in [4.78, 5) is 16.7. The summed E-state index contributed by atoms with van der Waals surface area (Å²) in [6.45, 7) is 0.519. The van der Waals surface area contributed by atoms with Gasteiger partial charge in [0.1, 0.15) is 5.82 Å². The first-order chi connectivity index (χ1) is 14.7. The molecule has 0 saturated heterocycles. The molecule has 148 valence electrons. The number of aromatic nitrogens is 7. The molecule has 0 fully saturated rings. The summed E-state index contributed by atoms with van der Waals surface area (Å²) in [6, 6.07) is 9.38. The van der Waals surface area contributed by atoms with Crippen LogP contribution in [0.3, 0.4) is 0 Å². The van der Waals surface area contributed by atoms with Crippen molar-refractivity contribution in [2.45, 2.75) is 6.54 Å². The van der Waals surface area contributed by atoms with Crippen LogP contribution >= 0.6 is 0 Å². The van der Waals surface area contributed by atoms with Crippen LogP contribution in [0, 0.1) is 0 Å². The van der Waals surface area contributed by atoms with Crippen molar-refractivity contribution in [2.24, 2.45) is 0 Å². The van der Waals surface area contributed by atoms with Crippen LogP contribution in [-0.4, -0.2) is 41.1 Å². The number of carbonyl (C=O) groups excluding carboxylic acids is 1. The number of H-pyrrole nitrogens is 2. The first kappa shape index (κ1) is 17.6. The van der Waals surface area contributed by atoms with E-state index in [1.165, 1.54) is 0 Å². The largest absolute Gasteiger partial charge is 0.384 e. The molecule has 0 radical (unpaired) electrons. The van der Waals surface area contributed by atoms with E-state index in [2.05, 4.69) is 35.8 Å². The van der Waals surface area contributed by atoms with Crippen molar-refractivity contribution >= 4 is 28.3 Å². The number of amides is 1. The van der Waals surface area contributed by atoms with Crippen molar-refractivity contribution in [3.8, 4) is 11.1 Å². The van der Waals surface area contributed by atoms with Crippen LogP contribution in [-0.2, 0) is 6.54 Å². The number of benzene rings is 1. The van der Waals surface area contributed by atoms with E-state index in [4.69, 9.17) is 5.73 Å². The zero-order chi connectivity index (χ0) is 20.5. The van der Waals surface area contributed by atoms with Crippen molar-refractivity contribution in [1.29, 1.82) is 0 Å². The molecule has 0 aliphatic rings. The van der Waals surface area contributed by atoms with Gasteiger partial charge in [0.15, 0.2) is 5.69 Å². The molecule has 1 amide bonds. The Bertz CT molecular complexity index is 1330. The molecule has 0 atom stereocenters. The molecule has 4 heterocycles. The molecule has 0 saturated carbocycles. The third kappa shape index (κ3) is 3.37. The number of nitrogens with zero attached hydrogens (tertiary/aromatic N) is 5. The molecule has 10 heteroatoms. The lowest BCUT2D eigenvalue weighted by Gasteiger charge is -2.03. The van der Waals surface area contributed by atoms with Gasteiger partial charge in [-0.2, -0.15) is 15.3 Å². The molecule has 0 bridgehead atoms. The third-order valence-corrected chi connectivity index (χ3v) is 4.69. The maximum atomic E-state index is 12.7. The van der Waals surface area contributed by atoms with Crippen LogP contribution < -0.4 is 11.1 Å². The smallest absolute Gasteiger partial charge is 0.276 e. The van der Waals surface area contributed by atoms with Crippen LogP contribution in [0.4, 0.5) is 11.5 Å². The Morgan fingerprint density at radius 2 is 2.10 bits per heavy atom. The number of anilines is 2. The van der Waals surface area contributed by atoms with Gasteiger partial charge in [-0.15, -0.1) is 0 Å². The first-order valence-electron chi connectivity index (χ1n) is 9.17. The lowest BCUT2D eigenvalue weighted by molar-refractivity contribution is 0.102. The molecule has 5 N–H and O–H groups in total. The zero-order valence-electron chi connectivity index (χ0n) is 15.7. The number of rotatable bonds is 5. The van der Waals surface area contributed by atoms with Crippen LogP contribution in [0.1, 0.15) is 16.1 Å². The van der Waals surface area contributed by atoms with Crippen LogP contribution in [0.5, 0.6) is 0 Å². The minimum Gasteiger partial charge on any atom is -0.384 e. The molecule has 4 aromatic heterocycles. The fourth-order valence-corrected chi connectivity index (χ4v) is 3.27. The normalized spacial score (nSPS) is 11.1. The van der Waals surface area contributed by atoms with Crippen molar-refractivity contribution in [1.82, 2.24) is 35.2 Å². The number of carbonyl (C=O) groups is 1. The van der Waals surface area contributed by atoms with E-state index < -0.39 is 0 Å². The number of nitrogens with two attached hydrogens (primary N) is 1. The summed E-state index contributed by atoms with van der Waals surface area (Å²) in [6.07, 6.45) is 8.54. The highest BCUT2D eigenvalue weighted by Crippen LogP contribution is 2.24. The number of nitrogens with one attached hydrogen (secondary N) is 3. The molecular weight excluding hydrogens is 382 g/mol. The highest BCUT2D eigenvalue weighted by Gasteiger charge is 2.16. The fraction of sp³-hybridized carbons (Fsp3) is 0.0500. The second-order valence-electron chi connectivity index (χ2n) is 6.79. The Hall–Kier alpha value is -4.47. The highest BCUT2D eigenvalue weighted by atomic mass is 16.2. The Kier molecular flexibility index (Phi) is 4.21. The minimum atomic E-state index is -0.315. The molecule has 1 aromatic carbocycles. The van der Waals surface area contributed by atoms with Gasteiger partial charge in [-0.25, -0.2) is 4.98 Å². The van der Waals surface area contributed by atoms with Gasteiger partial charge in [0.25, 0.3) is 5.91 Å². The lowest BCUT2D eigenvalue weighted by Crippen LogP contribution is -2.12. The summed E-state index contributed by atoms with van der Waals surface area (Å²) in [5.41, 5.74) is 10.3. The number of fused-ring (bicyclic) bond motifs is 1. The van der Waals surface area contributed by atoms with E-state index in [0.29, 0.717) is 23.7 Å². The van der Waals surface area contributed by atoms with Gasteiger partial charge in [0.05, 0.1) is 30.1 Å². The molecule has 0 aliphatic carbocycles. The van der Waals surface area contributed by atoms with Gasteiger partial charge in [0.2, 0.25) is 0 Å². The van der Waals surface area contributed by atoms with E-state index in [9.17, 15) is 4.79 Å². The van der Waals surface area contributed by atoms with Crippen LogP contribution in [0.2, 0.25) is 0 Å². The highest BCUT2D eigenvalue weighted by molar-refractivity contribution is 6.11. The average Bonchev–Trinajstić information content (AvgIpc) is 3.48. The summed E-state index contributed by atoms with van der Waals surface area (Å²) in [5.74, 6) is 0.138. The molecule has 0 unspecified atom stereocenters. The predicted octanol–water partition coefficient (Wildman–Crippen LogP) is 2.43. The van der Waals surface area contributed by atoms with E-state index in [0.717, 1.165) is 27.6 Å². The third-order valence-electron chi connectivity index (χ3n) is 4.69. The quantitative estimate of drug-likeness (QED) is 0.357. The molecule has 0 aliphatic heterocycles. The van der Waals surface area contributed by atoms with Gasteiger partial charge >= 0.3 is 0 Å². The second-order valence-corrected chi connectivity index (χ2v) is 6.79. The van der Waals surface area contributed by atoms with E-state index in [-0.39, 0.29) is 5.91 Å². The maximum Gasteiger partial charge on any atom is 0.276 e. The monoisotopic (exact) mass is 399 g/mol. The number of hydrogen-bond acceptors (Lipinski definition) is 6. The van der Waals surface area contributed by atoms with Gasteiger partial charge in [-0.3, -0.25) is 19.7 Å². The standard InChI is InChI=1S/C20H17N9O/c21-18-5-12(3-4-22-18)10-29-11-15(9-25-29)26-20(30)19-16-2-1-13(6-17(16)27-28-19)14-7-23-24-8-14/h1-9,11H,10H2,(H2,21,22)(H,23,24)(H,26,30)(H,27,28). The Morgan fingerprint density at radius 1 is 1.17 bits per heavy atom. The van der Waals surface area contributed by atoms with Crippen molar-refractivity contribution < 1.29 is 4.79 Å². The Labute approximate surface area is 170 Å². The van der Waals surface area contributed by atoms with E-state index in [1.54, 1.807) is 35.5 Å². The van der Waals surface area contributed by atoms with Gasteiger partial charge < -0.3 is 11.1 Å². The summed E-state index contributed by atoms with van der Waals surface area (Å²) >= 11 is 0. The minimum absolute atomic E-state index is 0.315. The zero-order valence-corrected chi connectivity index (χ0v) is 15.7. The second kappa shape index (κ2) is 7.17. The average molecular weight is 399 g/mol. The van der Waals surface area contributed by atoms with Crippen LogP contribution in [0.15, 0.2) is 61.3 Å². The number of hydrogen-bond donors (Lipinski definition) is 4. The van der Waals surface area contributed by atoms with Crippen molar-refractivity contribution in [2.75, 3.05) is 11.1 Å². The number of pyridine rings is 1. The molecule has 5 aromatic rings. The molecule has 30 heavy (non-hydrogen) atoms. The fourth-order valence-electron chi connectivity index (χ4n) is 3.27. The first-order valence-corrected chi connectivity index (χ1v) is 9.17. The Morgan fingerprint density at radius 3 is 2.93 bits per heavy atom. The van der Waals surface area contributed by atoms with Gasteiger partial charge in [0, 0.05) is 29.5 Å². The number of aromatic amines is 2. The van der Waals surface area contributed by atoms with E-state index in [1.807, 2.05) is 30.5 Å². The lowest BCUT2D eigenvalue weighted by atomic mass is 10.1. The topological polar surface area (TPSA) is 143 Å². The molecular formula is C20H17N9O. The summed E-state index contributed by atoms with van der Waals surface area (Å²) in [7, 11) is 0. The summed E-state index contributed by atoms with van der Waals surface area (Å²) in [5, 5.41) is 21.7. The van der Waals surface area contributed by atoms with Gasteiger partial charge in [-0.05, 0) is 35.4 Å². The molecule has 0 spiro atoms. The summed E-state index contributed by atoms with van der Waals surface area (Å²) < 4.78 is 1.71. The van der Waals surface area contributed by atoms with Gasteiger partial charge in [-0.1, -0.05) is 6.07 Å². The maximum absolute atomic E-state index is 12.7. The van der Waals surface area contributed by atoms with Crippen molar-refractivity contribution in [3.63, 3.8) is 0 Å². The molecule has 10 nitrogen and oxygen atoms in total. The predicted molar refractivity (Wildman–Crippen MR) is 112 cm³/mol. The Balaban J connectivity index is 1.33. The molecule has 5 rings (SSSR count).